The first-order chi connectivity index (χ1) is 14.0. The summed E-state index contributed by atoms with van der Waals surface area (Å²) in [6.07, 6.45) is 1.18. The Bertz CT molecular complexity index is 931. The van der Waals surface area contributed by atoms with Crippen LogP contribution in [-0.4, -0.2) is 42.5 Å². The van der Waals surface area contributed by atoms with Crippen molar-refractivity contribution in [2.75, 3.05) is 18.7 Å². The summed E-state index contributed by atoms with van der Waals surface area (Å²) >= 11 is 1.43. The second-order valence-corrected chi connectivity index (χ2v) is 8.04. The van der Waals surface area contributed by atoms with Gasteiger partial charge in [0.2, 0.25) is 12.7 Å². The molecule has 2 atom stereocenters. The third kappa shape index (κ3) is 4.60. The SMILES string of the molecule is Cc1nc(NC(=O)NCC2CCC(C(N)=O)O2)sc1Cc1ccc2c(c1)OCO2. The van der Waals surface area contributed by atoms with E-state index in [1.54, 1.807) is 0 Å². The Hall–Kier alpha value is -2.85. The van der Waals surface area contributed by atoms with E-state index < -0.39 is 12.0 Å². The molecule has 2 aromatic rings. The van der Waals surface area contributed by atoms with Gasteiger partial charge in [0.25, 0.3) is 0 Å². The maximum absolute atomic E-state index is 12.2. The number of carbonyl (C=O) groups excluding carboxylic acids is 2. The fourth-order valence-electron chi connectivity index (χ4n) is 3.29. The quantitative estimate of drug-likeness (QED) is 0.658. The van der Waals surface area contributed by atoms with Gasteiger partial charge in [-0.2, -0.15) is 0 Å². The molecule has 0 spiro atoms. The standard InChI is InChI=1S/C19H22N4O5S/c1-10-16(7-11-2-4-13-15(6-11)27-9-26-13)29-19(22-10)23-18(25)21-8-12-3-5-14(28-12)17(20)24/h2,4,6,12,14H,3,5,7-9H2,1H3,(H2,20,24)(H2,21,22,23,25). The number of ether oxygens (including phenoxy) is 3. The van der Waals surface area contributed by atoms with Crippen molar-refractivity contribution >= 4 is 28.4 Å². The molecule has 1 aromatic carbocycles. The van der Waals surface area contributed by atoms with E-state index in [9.17, 15) is 9.59 Å². The number of hydrogen-bond donors (Lipinski definition) is 3. The number of thiazole rings is 1. The molecule has 1 aromatic heterocycles. The summed E-state index contributed by atoms with van der Waals surface area (Å²) in [5, 5.41) is 6.03. The number of urea groups is 1. The molecule has 9 nitrogen and oxygen atoms in total. The number of primary amides is 1. The summed E-state index contributed by atoms with van der Waals surface area (Å²) in [5.41, 5.74) is 7.18. The number of aryl methyl sites for hydroxylation is 1. The van der Waals surface area contributed by atoms with Crippen LogP contribution in [0.25, 0.3) is 0 Å². The summed E-state index contributed by atoms with van der Waals surface area (Å²) in [6.45, 7) is 2.47. The second-order valence-electron chi connectivity index (χ2n) is 6.95. The van der Waals surface area contributed by atoms with E-state index in [0.717, 1.165) is 27.6 Å². The second kappa shape index (κ2) is 8.26. The van der Waals surface area contributed by atoms with Gasteiger partial charge in [-0.15, -0.1) is 11.3 Å². The lowest BCUT2D eigenvalue weighted by atomic mass is 10.1. The highest BCUT2D eigenvalue weighted by Crippen LogP contribution is 2.34. The lowest BCUT2D eigenvalue weighted by molar-refractivity contribution is -0.128. The molecule has 0 saturated carbocycles. The molecule has 2 aliphatic rings. The van der Waals surface area contributed by atoms with Gasteiger partial charge in [-0.3, -0.25) is 10.1 Å². The molecule has 10 heteroatoms. The molecule has 1 fully saturated rings. The minimum absolute atomic E-state index is 0.210. The van der Waals surface area contributed by atoms with E-state index in [2.05, 4.69) is 15.6 Å². The third-order valence-corrected chi connectivity index (χ3v) is 5.90. The number of nitrogens with two attached hydrogens (primary N) is 1. The van der Waals surface area contributed by atoms with E-state index in [4.69, 9.17) is 19.9 Å². The van der Waals surface area contributed by atoms with Crippen LogP contribution in [-0.2, 0) is 16.0 Å². The van der Waals surface area contributed by atoms with Crippen LogP contribution in [0, 0.1) is 6.92 Å². The average Bonchev–Trinajstić information content (AvgIpc) is 3.40. The highest BCUT2D eigenvalue weighted by Gasteiger charge is 2.29. The molecule has 3 amide bonds. The van der Waals surface area contributed by atoms with E-state index in [-0.39, 0.29) is 18.9 Å². The molecule has 0 bridgehead atoms. The van der Waals surface area contributed by atoms with E-state index >= 15 is 0 Å². The summed E-state index contributed by atoms with van der Waals surface area (Å²) in [5.74, 6) is 1.03. The molecule has 29 heavy (non-hydrogen) atoms. The molecule has 2 unspecified atom stereocenters. The summed E-state index contributed by atoms with van der Waals surface area (Å²) in [4.78, 5) is 28.8. The van der Waals surface area contributed by atoms with Crippen molar-refractivity contribution in [2.24, 2.45) is 5.73 Å². The Labute approximate surface area is 171 Å². The molecular formula is C19H22N4O5S. The van der Waals surface area contributed by atoms with Crippen molar-refractivity contribution in [2.45, 2.75) is 38.4 Å². The van der Waals surface area contributed by atoms with Gasteiger partial charge in [0.05, 0.1) is 11.8 Å². The maximum Gasteiger partial charge on any atom is 0.321 e. The molecule has 2 aliphatic heterocycles. The fourth-order valence-corrected chi connectivity index (χ4v) is 4.29. The Kier molecular flexibility index (Phi) is 5.54. The van der Waals surface area contributed by atoms with Gasteiger partial charge in [-0.25, -0.2) is 9.78 Å². The lowest BCUT2D eigenvalue weighted by Gasteiger charge is -2.12. The number of fused-ring (bicyclic) bond motifs is 1. The highest BCUT2D eigenvalue weighted by atomic mass is 32.1. The van der Waals surface area contributed by atoms with Gasteiger partial charge in [0.1, 0.15) is 6.10 Å². The van der Waals surface area contributed by atoms with Crippen molar-refractivity contribution in [3.8, 4) is 11.5 Å². The Morgan fingerprint density at radius 2 is 2.10 bits per heavy atom. The molecule has 0 aliphatic carbocycles. The number of benzene rings is 1. The highest BCUT2D eigenvalue weighted by molar-refractivity contribution is 7.15. The minimum Gasteiger partial charge on any atom is -0.454 e. The third-order valence-electron chi connectivity index (χ3n) is 4.83. The van der Waals surface area contributed by atoms with Crippen LogP contribution < -0.4 is 25.8 Å². The first-order valence-electron chi connectivity index (χ1n) is 9.32. The number of carbonyl (C=O) groups is 2. The lowest BCUT2D eigenvalue weighted by Crippen LogP contribution is -2.36. The van der Waals surface area contributed by atoms with Gasteiger partial charge in [-0.05, 0) is 37.5 Å². The van der Waals surface area contributed by atoms with Crippen molar-refractivity contribution in [1.29, 1.82) is 0 Å². The average molecular weight is 418 g/mol. The first kappa shape index (κ1) is 19.5. The van der Waals surface area contributed by atoms with Crippen LogP contribution in [0.5, 0.6) is 11.5 Å². The summed E-state index contributed by atoms with van der Waals surface area (Å²) < 4.78 is 16.2. The van der Waals surface area contributed by atoms with Crippen molar-refractivity contribution in [3.05, 3.63) is 34.3 Å². The van der Waals surface area contributed by atoms with Crippen LogP contribution in [0.1, 0.15) is 29.0 Å². The number of rotatable bonds is 6. The largest absolute Gasteiger partial charge is 0.454 e. The van der Waals surface area contributed by atoms with Gasteiger partial charge >= 0.3 is 6.03 Å². The zero-order chi connectivity index (χ0) is 20.4. The van der Waals surface area contributed by atoms with Crippen LogP contribution in [0.15, 0.2) is 18.2 Å². The van der Waals surface area contributed by atoms with Crippen molar-refractivity contribution in [3.63, 3.8) is 0 Å². The first-order valence-corrected chi connectivity index (χ1v) is 10.1. The van der Waals surface area contributed by atoms with Crippen LogP contribution in [0.2, 0.25) is 0 Å². The smallest absolute Gasteiger partial charge is 0.321 e. The van der Waals surface area contributed by atoms with Crippen molar-refractivity contribution < 1.29 is 23.8 Å². The van der Waals surface area contributed by atoms with Gasteiger partial charge in [0, 0.05) is 17.8 Å². The zero-order valence-corrected chi connectivity index (χ0v) is 16.7. The number of nitrogens with one attached hydrogen (secondary N) is 2. The number of nitrogens with zero attached hydrogens (tertiary/aromatic N) is 1. The minimum atomic E-state index is -0.565. The molecule has 4 N–H and O–H groups in total. The monoisotopic (exact) mass is 418 g/mol. The van der Waals surface area contributed by atoms with Crippen LogP contribution >= 0.6 is 11.3 Å². The molecule has 3 heterocycles. The number of aromatic nitrogens is 1. The topological polar surface area (TPSA) is 125 Å². The zero-order valence-electron chi connectivity index (χ0n) is 15.9. The van der Waals surface area contributed by atoms with Gasteiger partial charge in [0.15, 0.2) is 16.6 Å². The number of hydrogen-bond acceptors (Lipinski definition) is 7. The predicted octanol–water partition coefficient (Wildman–Crippen LogP) is 1.93. The van der Waals surface area contributed by atoms with E-state index in [0.29, 0.717) is 30.9 Å². The summed E-state index contributed by atoms with van der Waals surface area (Å²) in [7, 11) is 0. The van der Waals surface area contributed by atoms with E-state index in [1.807, 2.05) is 25.1 Å². The Morgan fingerprint density at radius 3 is 2.90 bits per heavy atom. The van der Waals surface area contributed by atoms with Crippen LogP contribution in [0.4, 0.5) is 9.93 Å². The Balaban J connectivity index is 1.30. The summed E-state index contributed by atoms with van der Waals surface area (Å²) in [6, 6.07) is 5.49. The normalized spacial score (nSPS) is 19.9. The molecule has 0 radical (unpaired) electrons. The molecule has 4 rings (SSSR count). The van der Waals surface area contributed by atoms with Crippen LogP contribution in [0.3, 0.4) is 0 Å². The fraction of sp³-hybridized carbons (Fsp3) is 0.421. The Morgan fingerprint density at radius 1 is 1.28 bits per heavy atom. The van der Waals surface area contributed by atoms with Crippen molar-refractivity contribution in [1.82, 2.24) is 10.3 Å². The predicted molar refractivity (Wildman–Crippen MR) is 106 cm³/mol. The van der Waals surface area contributed by atoms with Gasteiger partial charge < -0.3 is 25.3 Å². The maximum atomic E-state index is 12.2. The number of amides is 3. The molecule has 1 saturated heterocycles. The number of anilines is 1. The molecular weight excluding hydrogens is 396 g/mol. The van der Waals surface area contributed by atoms with E-state index in [1.165, 1.54) is 11.3 Å². The van der Waals surface area contributed by atoms with Gasteiger partial charge in [-0.1, -0.05) is 6.07 Å². The molecule has 154 valence electrons.